The minimum absolute atomic E-state index is 0.395. The van der Waals surface area contributed by atoms with Crippen LogP contribution in [0.5, 0.6) is 0 Å². The van der Waals surface area contributed by atoms with E-state index in [9.17, 15) is 4.79 Å². The Balaban J connectivity index is 2.25. The van der Waals surface area contributed by atoms with E-state index in [-0.39, 0.29) is 0 Å². The fourth-order valence-electron chi connectivity index (χ4n) is 2.46. The van der Waals surface area contributed by atoms with Crippen LogP contribution in [0.25, 0.3) is 0 Å². The summed E-state index contributed by atoms with van der Waals surface area (Å²) in [4.78, 5) is 11.2. The number of ketones is 1. The van der Waals surface area contributed by atoms with Crippen molar-refractivity contribution in [2.75, 3.05) is 0 Å². The predicted octanol–water partition coefficient (Wildman–Crippen LogP) is 2.86. The summed E-state index contributed by atoms with van der Waals surface area (Å²) in [6.07, 6.45) is 8.76. The number of carbonyl (C=O) groups is 1. The minimum atomic E-state index is 0.395. The van der Waals surface area contributed by atoms with Gasteiger partial charge >= 0.3 is 0 Å². The molecule has 0 aromatic heterocycles. The quantitative estimate of drug-likeness (QED) is 0.503. The zero-order valence-electron chi connectivity index (χ0n) is 7.73. The van der Waals surface area contributed by atoms with Crippen LogP contribution in [0.3, 0.4) is 0 Å². The van der Waals surface area contributed by atoms with Gasteiger partial charge < -0.3 is 0 Å². The molecule has 0 bridgehead atoms. The lowest BCUT2D eigenvalue weighted by Gasteiger charge is -2.38. The van der Waals surface area contributed by atoms with Gasteiger partial charge in [0.25, 0.3) is 0 Å². The Morgan fingerprint density at radius 1 is 1.42 bits per heavy atom. The average Bonchev–Trinajstić information content (AvgIpc) is 2.06. The van der Waals surface area contributed by atoms with Crippen LogP contribution < -0.4 is 0 Å². The molecule has 2 aliphatic carbocycles. The molecule has 2 aliphatic rings. The van der Waals surface area contributed by atoms with Crippen LogP contribution in [0.4, 0.5) is 0 Å². The summed E-state index contributed by atoms with van der Waals surface area (Å²) in [6, 6.07) is 0. The molecule has 2 rings (SSSR count). The maximum absolute atomic E-state index is 11.2. The first-order valence-corrected chi connectivity index (χ1v) is 4.92. The van der Waals surface area contributed by atoms with E-state index in [0.717, 1.165) is 19.3 Å². The van der Waals surface area contributed by atoms with Crippen molar-refractivity contribution < 1.29 is 4.79 Å². The van der Waals surface area contributed by atoms with Crippen LogP contribution in [0.1, 0.15) is 45.4 Å². The van der Waals surface area contributed by atoms with Gasteiger partial charge in [-0.05, 0) is 31.1 Å². The SMILES string of the molecule is CC12CCCC=C1CC(=O)CC2. The summed E-state index contributed by atoms with van der Waals surface area (Å²) in [6.45, 7) is 2.32. The van der Waals surface area contributed by atoms with Gasteiger partial charge in [-0.15, -0.1) is 0 Å². The Morgan fingerprint density at radius 2 is 2.25 bits per heavy atom. The van der Waals surface area contributed by atoms with Crippen LogP contribution in [-0.4, -0.2) is 5.78 Å². The Kier molecular flexibility index (Phi) is 1.82. The molecule has 0 heterocycles. The molecule has 0 aromatic carbocycles. The van der Waals surface area contributed by atoms with Gasteiger partial charge in [-0.25, -0.2) is 0 Å². The molecule has 1 atom stereocenters. The Hall–Kier alpha value is -0.590. The van der Waals surface area contributed by atoms with Crippen molar-refractivity contribution in [3.8, 4) is 0 Å². The molecule has 12 heavy (non-hydrogen) atoms. The first-order chi connectivity index (χ1) is 5.71. The summed E-state index contributed by atoms with van der Waals surface area (Å²) in [5.41, 5.74) is 1.83. The highest BCUT2D eigenvalue weighted by Gasteiger charge is 2.35. The molecule has 66 valence electrons. The highest BCUT2D eigenvalue weighted by Crippen LogP contribution is 2.45. The van der Waals surface area contributed by atoms with E-state index in [4.69, 9.17) is 0 Å². The first kappa shape index (κ1) is 8.03. The zero-order valence-corrected chi connectivity index (χ0v) is 7.73. The van der Waals surface area contributed by atoms with Crippen molar-refractivity contribution in [3.05, 3.63) is 11.6 Å². The third kappa shape index (κ3) is 1.21. The van der Waals surface area contributed by atoms with E-state index in [1.54, 1.807) is 0 Å². The second kappa shape index (κ2) is 2.72. The van der Waals surface area contributed by atoms with Gasteiger partial charge in [-0.1, -0.05) is 18.6 Å². The van der Waals surface area contributed by atoms with Crippen molar-refractivity contribution in [2.24, 2.45) is 5.41 Å². The van der Waals surface area contributed by atoms with Gasteiger partial charge in [0.15, 0.2) is 0 Å². The Labute approximate surface area is 73.8 Å². The highest BCUT2D eigenvalue weighted by molar-refractivity contribution is 5.82. The molecule has 0 amide bonds. The Bertz CT molecular complexity index is 239. The lowest BCUT2D eigenvalue weighted by Crippen LogP contribution is -2.29. The molecule has 1 saturated carbocycles. The molecule has 0 aliphatic heterocycles. The van der Waals surface area contributed by atoms with Gasteiger partial charge in [-0.3, -0.25) is 4.79 Å². The van der Waals surface area contributed by atoms with E-state index in [0.29, 0.717) is 11.2 Å². The summed E-state index contributed by atoms with van der Waals surface area (Å²) in [5, 5.41) is 0. The maximum atomic E-state index is 11.2. The van der Waals surface area contributed by atoms with Crippen molar-refractivity contribution in [1.29, 1.82) is 0 Å². The van der Waals surface area contributed by atoms with Gasteiger partial charge in [0.05, 0.1) is 0 Å². The number of hydrogen-bond donors (Lipinski definition) is 0. The standard InChI is InChI=1S/C11H16O/c1-11-6-3-2-4-9(11)8-10(12)5-7-11/h4H,2-3,5-8H2,1H3. The minimum Gasteiger partial charge on any atom is -0.299 e. The van der Waals surface area contributed by atoms with E-state index in [2.05, 4.69) is 13.0 Å². The lowest BCUT2D eigenvalue weighted by atomic mass is 9.66. The van der Waals surface area contributed by atoms with Crippen molar-refractivity contribution in [2.45, 2.75) is 45.4 Å². The molecule has 0 spiro atoms. The fourth-order valence-corrected chi connectivity index (χ4v) is 2.46. The van der Waals surface area contributed by atoms with E-state index >= 15 is 0 Å². The largest absolute Gasteiger partial charge is 0.299 e. The van der Waals surface area contributed by atoms with Gasteiger partial charge in [0, 0.05) is 12.8 Å². The summed E-state index contributed by atoms with van der Waals surface area (Å²) >= 11 is 0. The van der Waals surface area contributed by atoms with Crippen LogP contribution in [0, 0.1) is 5.41 Å². The number of allylic oxidation sites excluding steroid dienone is 2. The van der Waals surface area contributed by atoms with Crippen LogP contribution in [0.15, 0.2) is 11.6 Å². The van der Waals surface area contributed by atoms with Gasteiger partial charge in [-0.2, -0.15) is 0 Å². The summed E-state index contributed by atoms with van der Waals surface area (Å²) < 4.78 is 0. The molecule has 0 aromatic rings. The highest BCUT2D eigenvalue weighted by atomic mass is 16.1. The molecule has 0 N–H and O–H groups in total. The van der Waals surface area contributed by atoms with E-state index < -0.39 is 0 Å². The third-order valence-electron chi connectivity index (χ3n) is 3.44. The third-order valence-corrected chi connectivity index (χ3v) is 3.44. The molecule has 0 saturated heterocycles. The summed E-state index contributed by atoms with van der Waals surface area (Å²) in [5.74, 6) is 0.445. The smallest absolute Gasteiger partial charge is 0.136 e. The van der Waals surface area contributed by atoms with Crippen LogP contribution >= 0.6 is 0 Å². The van der Waals surface area contributed by atoms with Crippen molar-refractivity contribution in [3.63, 3.8) is 0 Å². The van der Waals surface area contributed by atoms with Gasteiger partial charge in [0.1, 0.15) is 5.78 Å². The van der Waals surface area contributed by atoms with Gasteiger partial charge in [0.2, 0.25) is 0 Å². The Morgan fingerprint density at radius 3 is 3.08 bits per heavy atom. The molecule has 1 heteroatoms. The maximum Gasteiger partial charge on any atom is 0.136 e. The van der Waals surface area contributed by atoms with E-state index in [1.165, 1.54) is 24.8 Å². The number of Topliss-reactive ketones (excluding diaryl/α,β-unsaturated/α-hetero) is 1. The normalized spacial score (nSPS) is 35.8. The molecule has 0 radical (unpaired) electrons. The molecule has 1 nitrogen and oxygen atoms in total. The van der Waals surface area contributed by atoms with Crippen molar-refractivity contribution >= 4 is 5.78 Å². The lowest BCUT2D eigenvalue weighted by molar-refractivity contribution is -0.120. The number of hydrogen-bond acceptors (Lipinski definition) is 1. The van der Waals surface area contributed by atoms with Crippen LogP contribution in [0.2, 0.25) is 0 Å². The van der Waals surface area contributed by atoms with E-state index in [1.807, 2.05) is 0 Å². The molecular weight excluding hydrogens is 148 g/mol. The first-order valence-electron chi connectivity index (χ1n) is 4.92. The average molecular weight is 164 g/mol. The van der Waals surface area contributed by atoms with Crippen LogP contribution in [-0.2, 0) is 4.79 Å². The predicted molar refractivity (Wildman–Crippen MR) is 48.9 cm³/mol. The topological polar surface area (TPSA) is 17.1 Å². The number of fused-ring (bicyclic) bond motifs is 1. The number of carbonyl (C=O) groups excluding carboxylic acids is 1. The number of rotatable bonds is 0. The zero-order chi connectivity index (χ0) is 8.60. The monoisotopic (exact) mass is 164 g/mol. The van der Waals surface area contributed by atoms with Crippen molar-refractivity contribution in [1.82, 2.24) is 0 Å². The molecule has 1 unspecified atom stereocenters. The fraction of sp³-hybridized carbons (Fsp3) is 0.727. The molecule has 1 fully saturated rings. The molecular formula is C11H16O. The second-order valence-corrected chi connectivity index (χ2v) is 4.40. The summed E-state index contributed by atoms with van der Waals surface area (Å²) in [7, 11) is 0. The second-order valence-electron chi connectivity index (χ2n) is 4.40.